The van der Waals surface area contributed by atoms with Gasteiger partial charge in [-0.25, -0.2) is 4.99 Å². The summed E-state index contributed by atoms with van der Waals surface area (Å²) in [5.41, 5.74) is 3.94. The van der Waals surface area contributed by atoms with Gasteiger partial charge in [-0.05, 0) is 60.2 Å². The number of rotatable bonds is 6. The molecule has 1 amide bonds. The van der Waals surface area contributed by atoms with E-state index in [0.29, 0.717) is 22.4 Å². The van der Waals surface area contributed by atoms with E-state index < -0.39 is 0 Å². The summed E-state index contributed by atoms with van der Waals surface area (Å²) in [5, 5.41) is 0.669. The second-order valence-corrected chi connectivity index (χ2v) is 8.29. The fourth-order valence-electron chi connectivity index (χ4n) is 3.16. The molecule has 0 saturated carbocycles. The largest absolute Gasteiger partial charge is 0.481 e. The number of benzene rings is 3. The highest BCUT2D eigenvalue weighted by atomic mass is 32.2. The van der Waals surface area contributed by atoms with Gasteiger partial charge in [-0.2, -0.15) is 0 Å². The molecule has 5 heteroatoms. The van der Waals surface area contributed by atoms with Crippen LogP contribution in [0.3, 0.4) is 0 Å². The minimum atomic E-state index is -0.0580. The zero-order valence-corrected chi connectivity index (χ0v) is 18.5. The number of carbonyl (C=O) groups excluding carboxylic acids is 1. The molecule has 0 unspecified atom stereocenters. The molecular weight excluding hydrogens is 416 g/mol. The summed E-state index contributed by atoms with van der Waals surface area (Å²) in [5.74, 6) is 3.09. The van der Waals surface area contributed by atoms with Crippen molar-refractivity contribution in [3.63, 3.8) is 0 Å². The highest BCUT2D eigenvalue weighted by Crippen LogP contribution is 2.35. The number of amidine groups is 1. The Kier molecular flexibility index (Phi) is 6.74. The average Bonchev–Trinajstić information content (AvgIpc) is 3.09. The van der Waals surface area contributed by atoms with Gasteiger partial charge >= 0.3 is 0 Å². The van der Waals surface area contributed by atoms with E-state index in [1.165, 1.54) is 17.3 Å². The van der Waals surface area contributed by atoms with Crippen LogP contribution in [-0.2, 0) is 11.3 Å². The Hall–Kier alpha value is -3.75. The fourth-order valence-corrected chi connectivity index (χ4v) is 4.16. The van der Waals surface area contributed by atoms with Gasteiger partial charge in [0.2, 0.25) is 0 Å². The van der Waals surface area contributed by atoms with Crippen molar-refractivity contribution in [3.8, 4) is 18.1 Å². The predicted molar refractivity (Wildman–Crippen MR) is 132 cm³/mol. The molecule has 0 bridgehead atoms. The third-order valence-corrected chi connectivity index (χ3v) is 5.84. The summed E-state index contributed by atoms with van der Waals surface area (Å²) >= 11 is 1.39. The number of ether oxygens (including phenoxy) is 1. The van der Waals surface area contributed by atoms with Crippen molar-refractivity contribution in [2.45, 2.75) is 13.5 Å². The Morgan fingerprint density at radius 3 is 2.44 bits per heavy atom. The lowest BCUT2D eigenvalue weighted by molar-refractivity contribution is -0.122. The summed E-state index contributed by atoms with van der Waals surface area (Å²) in [7, 11) is 0. The molecule has 158 valence electrons. The maximum Gasteiger partial charge on any atom is 0.267 e. The molecule has 0 radical (unpaired) electrons. The summed E-state index contributed by atoms with van der Waals surface area (Å²) in [6.45, 7) is 2.73. The minimum Gasteiger partial charge on any atom is -0.481 e. The number of aliphatic imine (C=N–C) groups is 1. The van der Waals surface area contributed by atoms with Crippen molar-refractivity contribution >= 4 is 34.6 Å². The predicted octanol–water partition coefficient (Wildman–Crippen LogP) is 5.81. The van der Waals surface area contributed by atoms with Crippen LogP contribution in [0.4, 0.5) is 5.69 Å². The van der Waals surface area contributed by atoms with E-state index in [2.05, 4.69) is 5.92 Å². The number of hydrogen-bond acceptors (Lipinski definition) is 4. The standard InChI is InChI=1S/C27H22N2O2S/c1-3-17-31-24-15-11-21(12-16-24)18-25-26(30)29(19-22-7-5-4-6-8-22)27(32-25)28-23-13-9-20(2)10-14-23/h1,4-16,18H,17,19H2,2H3/b25-18+,28-27?. The highest BCUT2D eigenvalue weighted by Gasteiger charge is 2.33. The van der Waals surface area contributed by atoms with Gasteiger partial charge in [0.15, 0.2) is 5.17 Å². The van der Waals surface area contributed by atoms with Gasteiger partial charge in [0.1, 0.15) is 12.4 Å². The van der Waals surface area contributed by atoms with Gasteiger partial charge in [0.05, 0.1) is 17.1 Å². The molecular formula is C27H22N2O2S. The van der Waals surface area contributed by atoms with Crippen molar-refractivity contribution < 1.29 is 9.53 Å². The zero-order valence-electron chi connectivity index (χ0n) is 17.7. The SMILES string of the molecule is C#CCOc1ccc(/C=C2/SC(=Nc3ccc(C)cc3)N(Cc3ccccc3)C2=O)cc1. The van der Waals surface area contributed by atoms with E-state index in [4.69, 9.17) is 16.2 Å². The van der Waals surface area contributed by atoms with Crippen LogP contribution in [0.25, 0.3) is 6.08 Å². The fraction of sp³-hybridized carbons (Fsp3) is 0.111. The van der Waals surface area contributed by atoms with Crippen LogP contribution >= 0.6 is 11.8 Å². The molecule has 0 atom stereocenters. The molecule has 4 rings (SSSR count). The normalized spacial score (nSPS) is 15.9. The second kappa shape index (κ2) is 10.0. The molecule has 1 fully saturated rings. The van der Waals surface area contributed by atoms with Crippen LogP contribution in [-0.4, -0.2) is 22.6 Å². The van der Waals surface area contributed by atoms with Gasteiger partial charge in [-0.3, -0.25) is 9.69 Å². The quantitative estimate of drug-likeness (QED) is 0.360. The van der Waals surface area contributed by atoms with Crippen molar-refractivity contribution in [1.82, 2.24) is 4.90 Å². The molecule has 1 saturated heterocycles. The van der Waals surface area contributed by atoms with Gasteiger partial charge in [0, 0.05) is 0 Å². The van der Waals surface area contributed by atoms with Crippen molar-refractivity contribution in [2.24, 2.45) is 4.99 Å². The molecule has 3 aromatic rings. The Morgan fingerprint density at radius 2 is 1.75 bits per heavy atom. The van der Waals surface area contributed by atoms with E-state index in [1.54, 1.807) is 4.90 Å². The lowest BCUT2D eigenvalue weighted by atomic mass is 10.2. The Morgan fingerprint density at radius 1 is 1.03 bits per heavy atom. The molecule has 0 N–H and O–H groups in total. The van der Waals surface area contributed by atoms with Crippen molar-refractivity contribution in [1.29, 1.82) is 0 Å². The van der Waals surface area contributed by atoms with Gasteiger partial charge in [0.25, 0.3) is 5.91 Å². The lowest BCUT2D eigenvalue weighted by Gasteiger charge is -2.15. The maximum atomic E-state index is 13.3. The average molecular weight is 439 g/mol. The number of hydrogen-bond donors (Lipinski definition) is 0. The molecule has 4 nitrogen and oxygen atoms in total. The molecule has 32 heavy (non-hydrogen) atoms. The molecule has 0 aromatic heterocycles. The number of nitrogens with zero attached hydrogens (tertiary/aromatic N) is 2. The first-order chi connectivity index (χ1) is 15.6. The summed E-state index contributed by atoms with van der Waals surface area (Å²) in [6, 6.07) is 25.4. The van der Waals surface area contributed by atoms with E-state index in [0.717, 1.165) is 16.8 Å². The van der Waals surface area contributed by atoms with E-state index in [-0.39, 0.29) is 12.5 Å². The first-order valence-electron chi connectivity index (χ1n) is 10.2. The van der Waals surface area contributed by atoms with Crippen LogP contribution in [0.1, 0.15) is 16.7 Å². The smallest absolute Gasteiger partial charge is 0.267 e. The first kappa shape index (κ1) is 21.5. The third kappa shape index (κ3) is 5.29. The number of amides is 1. The highest BCUT2D eigenvalue weighted by molar-refractivity contribution is 8.18. The number of terminal acetylenes is 1. The first-order valence-corrected chi connectivity index (χ1v) is 11.0. The van der Waals surface area contributed by atoms with Crippen LogP contribution in [0.15, 0.2) is 88.8 Å². The van der Waals surface area contributed by atoms with Gasteiger partial charge < -0.3 is 4.74 Å². The van der Waals surface area contributed by atoms with Crippen LogP contribution in [0, 0.1) is 19.3 Å². The molecule has 0 aliphatic carbocycles. The van der Waals surface area contributed by atoms with Crippen molar-refractivity contribution in [3.05, 3.63) is 100 Å². The number of carbonyl (C=O) groups is 1. The van der Waals surface area contributed by atoms with E-state index in [1.807, 2.05) is 91.9 Å². The number of thioether (sulfide) groups is 1. The molecule has 1 aliphatic heterocycles. The van der Waals surface area contributed by atoms with Crippen LogP contribution in [0.2, 0.25) is 0 Å². The Bertz CT molecular complexity index is 1190. The topological polar surface area (TPSA) is 41.9 Å². The molecule has 0 spiro atoms. The molecule has 1 aliphatic rings. The lowest BCUT2D eigenvalue weighted by Crippen LogP contribution is -2.28. The second-order valence-electron chi connectivity index (χ2n) is 7.28. The van der Waals surface area contributed by atoms with Crippen LogP contribution in [0.5, 0.6) is 5.75 Å². The maximum absolute atomic E-state index is 13.3. The van der Waals surface area contributed by atoms with Gasteiger partial charge in [-0.1, -0.05) is 66.1 Å². The summed E-state index contributed by atoms with van der Waals surface area (Å²) in [4.78, 5) is 20.4. The monoisotopic (exact) mass is 438 g/mol. The minimum absolute atomic E-state index is 0.0580. The van der Waals surface area contributed by atoms with Crippen molar-refractivity contribution in [2.75, 3.05) is 6.61 Å². The Labute approximate surface area is 192 Å². The molecule has 1 heterocycles. The van der Waals surface area contributed by atoms with E-state index >= 15 is 0 Å². The number of aryl methyl sites for hydroxylation is 1. The Balaban J connectivity index is 1.63. The zero-order chi connectivity index (χ0) is 22.3. The third-order valence-electron chi connectivity index (χ3n) is 4.83. The summed E-state index contributed by atoms with van der Waals surface area (Å²) in [6.07, 6.45) is 7.12. The van der Waals surface area contributed by atoms with Crippen LogP contribution < -0.4 is 4.74 Å². The van der Waals surface area contributed by atoms with Gasteiger partial charge in [-0.15, -0.1) is 6.42 Å². The van der Waals surface area contributed by atoms with E-state index in [9.17, 15) is 4.79 Å². The summed E-state index contributed by atoms with van der Waals surface area (Å²) < 4.78 is 5.42. The molecule has 3 aromatic carbocycles.